The molecule has 2 fully saturated rings. The van der Waals surface area contributed by atoms with Crippen molar-refractivity contribution in [2.24, 2.45) is 17.8 Å². The van der Waals surface area contributed by atoms with Crippen LogP contribution >= 0.6 is 27.3 Å². The minimum atomic E-state index is 0.637. The van der Waals surface area contributed by atoms with E-state index in [0.29, 0.717) is 4.83 Å². The lowest BCUT2D eigenvalue weighted by atomic mass is 9.86. The molecule has 14 heavy (non-hydrogen) atoms. The molecule has 0 amide bonds. The van der Waals surface area contributed by atoms with Crippen molar-refractivity contribution in [1.29, 1.82) is 0 Å². The highest BCUT2D eigenvalue weighted by molar-refractivity contribution is 9.09. The van der Waals surface area contributed by atoms with Crippen LogP contribution in [0.3, 0.4) is 0 Å². The SMILES string of the molecule is BrC(c1cccs1)C1CC2CCC1C2. The molecule has 4 atom stereocenters. The fourth-order valence-electron chi connectivity index (χ4n) is 3.31. The number of hydrogen-bond acceptors (Lipinski definition) is 1. The largest absolute Gasteiger partial charge is 0.148 e. The van der Waals surface area contributed by atoms with Gasteiger partial charge in [-0.15, -0.1) is 11.3 Å². The Bertz CT molecular complexity index is 306. The molecule has 2 aliphatic rings. The second-order valence-electron chi connectivity index (χ2n) is 4.76. The van der Waals surface area contributed by atoms with Crippen LogP contribution in [-0.4, -0.2) is 0 Å². The van der Waals surface area contributed by atoms with Crippen molar-refractivity contribution in [2.45, 2.75) is 30.5 Å². The van der Waals surface area contributed by atoms with E-state index in [2.05, 4.69) is 33.4 Å². The van der Waals surface area contributed by atoms with Gasteiger partial charge in [-0.25, -0.2) is 0 Å². The minimum Gasteiger partial charge on any atom is -0.148 e. The van der Waals surface area contributed by atoms with Crippen LogP contribution in [0.15, 0.2) is 17.5 Å². The summed E-state index contributed by atoms with van der Waals surface area (Å²) in [6.45, 7) is 0. The van der Waals surface area contributed by atoms with Crippen molar-refractivity contribution in [3.63, 3.8) is 0 Å². The quantitative estimate of drug-likeness (QED) is 0.688. The maximum atomic E-state index is 3.90. The van der Waals surface area contributed by atoms with E-state index in [1.165, 1.54) is 30.6 Å². The smallest absolute Gasteiger partial charge is 0.0520 e. The molecule has 2 bridgehead atoms. The molecule has 0 radical (unpaired) electrons. The summed E-state index contributed by atoms with van der Waals surface area (Å²) in [7, 11) is 0. The first-order chi connectivity index (χ1) is 6.84. The summed E-state index contributed by atoms with van der Waals surface area (Å²) >= 11 is 5.80. The van der Waals surface area contributed by atoms with Gasteiger partial charge in [0.25, 0.3) is 0 Å². The van der Waals surface area contributed by atoms with Gasteiger partial charge in [0, 0.05) is 4.88 Å². The summed E-state index contributed by atoms with van der Waals surface area (Å²) in [4.78, 5) is 2.17. The van der Waals surface area contributed by atoms with Gasteiger partial charge in [-0.05, 0) is 48.5 Å². The Balaban J connectivity index is 1.77. The van der Waals surface area contributed by atoms with Gasteiger partial charge in [-0.1, -0.05) is 28.4 Å². The van der Waals surface area contributed by atoms with Crippen molar-refractivity contribution in [3.8, 4) is 0 Å². The number of fused-ring (bicyclic) bond motifs is 2. The zero-order valence-electron chi connectivity index (χ0n) is 8.16. The first-order valence-corrected chi connectivity index (χ1v) is 7.31. The van der Waals surface area contributed by atoms with E-state index in [1.54, 1.807) is 0 Å². The molecule has 4 unspecified atom stereocenters. The van der Waals surface area contributed by atoms with Crippen LogP contribution in [0.5, 0.6) is 0 Å². The first kappa shape index (κ1) is 9.41. The Labute approximate surface area is 97.8 Å². The van der Waals surface area contributed by atoms with Gasteiger partial charge in [0.2, 0.25) is 0 Å². The monoisotopic (exact) mass is 270 g/mol. The van der Waals surface area contributed by atoms with Crippen LogP contribution < -0.4 is 0 Å². The summed E-state index contributed by atoms with van der Waals surface area (Å²) < 4.78 is 0. The highest BCUT2D eigenvalue weighted by Crippen LogP contribution is 2.55. The standard InChI is InChI=1S/C12H15BrS/c13-12(11-2-1-5-14-11)10-7-8-3-4-9(10)6-8/h1-2,5,8-10,12H,3-4,6-7H2. The fraction of sp³-hybridized carbons (Fsp3) is 0.667. The molecule has 1 aromatic rings. The van der Waals surface area contributed by atoms with Crippen molar-refractivity contribution < 1.29 is 0 Å². The van der Waals surface area contributed by atoms with Crippen molar-refractivity contribution in [1.82, 2.24) is 0 Å². The molecule has 0 N–H and O–H groups in total. The maximum Gasteiger partial charge on any atom is 0.0520 e. The summed E-state index contributed by atoms with van der Waals surface area (Å²) in [6.07, 6.45) is 5.98. The maximum absolute atomic E-state index is 3.90. The Morgan fingerprint density at radius 1 is 1.36 bits per heavy atom. The normalized spacial score (nSPS) is 37.6. The molecule has 0 nitrogen and oxygen atoms in total. The van der Waals surface area contributed by atoms with Gasteiger partial charge in [-0.2, -0.15) is 0 Å². The molecule has 0 aromatic carbocycles. The van der Waals surface area contributed by atoms with E-state index in [-0.39, 0.29) is 0 Å². The molecule has 2 saturated carbocycles. The lowest BCUT2D eigenvalue weighted by Crippen LogP contribution is -2.14. The Morgan fingerprint density at radius 2 is 2.29 bits per heavy atom. The minimum absolute atomic E-state index is 0.637. The van der Waals surface area contributed by atoms with E-state index in [4.69, 9.17) is 0 Å². The first-order valence-electron chi connectivity index (χ1n) is 5.52. The zero-order chi connectivity index (χ0) is 9.54. The number of halogens is 1. The van der Waals surface area contributed by atoms with Crippen LogP contribution in [-0.2, 0) is 0 Å². The molecule has 0 spiro atoms. The van der Waals surface area contributed by atoms with E-state index in [1.807, 2.05) is 11.3 Å². The molecule has 2 aliphatic carbocycles. The van der Waals surface area contributed by atoms with Gasteiger partial charge in [-0.3, -0.25) is 0 Å². The van der Waals surface area contributed by atoms with Gasteiger partial charge < -0.3 is 0 Å². The predicted octanol–water partition coefficient (Wildman–Crippen LogP) is 4.62. The van der Waals surface area contributed by atoms with Gasteiger partial charge in [0.05, 0.1) is 4.83 Å². The third kappa shape index (κ3) is 1.47. The van der Waals surface area contributed by atoms with Crippen molar-refractivity contribution >= 4 is 27.3 Å². The number of rotatable bonds is 2. The summed E-state index contributed by atoms with van der Waals surface area (Å²) in [5.41, 5.74) is 0. The molecule has 1 aromatic heterocycles. The highest BCUT2D eigenvalue weighted by atomic mass is 79.9. The third-order valence-electron chi connectivity index (χ3n) is 3.98. The van der Waals surface area contributed by atoms with E-state index in [9.17, 15) is 0 Å². The predicted molar refractivity (Wildman–Crippen MR) is 64.9 cm³/mol. The molecular weight excluding hydrogens is 256 g/mol. The molecule has 76 valence electrons. The van der Waals surface area contributed by atoms with Crippen LogP contribution in [0, 0.1) is 17.8 Å². The average Bonchev–Trinajstić information content (AvgIpc) is 2.93. The lowest BCUT2D eigenvalue weighted by Gasteiger charge is -2.25. The number of thiophene rings is 1. The molecule has 3 rings (SSSR count). The van der Waals surface area contributed by atoms with E-state index in [0.717, 1.165) is 17.8 Å². The molecule has 2 heteroatoms. The summed E-state index contributed by atoms with van der Waals surface area (Å²) in [6, 6.07) is 4.44. The fourth-order valence-corrected chi connectivity index (χ4v) is 5.21. The topological polar surface area (TPSA) is 0 Å². The summed E-state index contributed by atoms with van der Waals surface area (Å²) in [5, 5.41) is 2.19. The van der Waals surface area contributed by atoms with E-state index < -0.39 is 0 Å². The molecular formula is C12H15BrS. The van der Waals surface area contributed by atoms with Gasteiger partial charge in [0.1, 0.15) is 0 Å². The van der Waals surface area contributed by atoms with Crippen LogP contribution in [0.4, 0.5) is 0 Å². The highest BCUT2D eigenvalue weighted by Gasteiger charge is 2.42. The van der Waals surface area contributed by atoms with Gasteiger partial charge in [0.15, 0.2) is 0 Å². The van der Waals surface area contributed by atoms with Gasteiger partial charge >= 0.3 is 0 Å². The van der Waals surface area contributed by atoms with Crippen LogP contribution in [0.1, 0.15) is 35.4 Å². The Morgan fingerprint density at radius 3 is 2.86 bits per heavy atom. The number of hydrogen-bond donors (Lipinski definition) is 0. The third-order valence-corrected chi connectivity index (χ3v) is 6.41. The Hall–Kier alpha value is 0.180. The second-order valence-corrected chi connectivity index (χ2v) is 6.72. The Kier molecular flexibility index (Phi) is 2.45. The molecule has 0 aliphatic heterocycles. The van der Waals surface area contributed by atoms with E-state index >= 15 is 0 Å². The van der Waals surface area contributed by atoms with Crippen molar-refractivity contribution in [3.05, 3.63) is 22.4 Å². The molecule has 1 heterocycles. The van der Waals surface area contributed by atoms with Crippen LogP contribution in [0.25, 0.3) is 0 Å². The number of alkyl halides is 1. The van der Waals surface area contributed by atoms with Crippen molar-refractivity contribution in [2.75, 3.05) is 0 Å². The van der Waals surface area contributed by atoms with Crippen LogP contribution in [0.2, 0.25) is 0 Å². The average molecular weight is 271 g/mol. The zero-order valence-corrected chi connectivity index (χ0v) is 10.6. The lowest BCUT2D eigenvalue weighted by molar-refractivity contribution is 0.331. The summed E-state index contributed by atoms with van der Waals surface area (Å²) in [5.74, 6) is 3.00. The molecule has 0 saturated heterocycles. The second kappa shape index (κ2) is 3.64.